The van der Waals surface area contributed by atoms with Crippen LogP contribution in [0.1, 0.15) is 5.56 Å². The van der Waals surface area contributed by atoms with E-state index in [4.69, 9.17) is 0 Å². The van der Waals surface area contributed by atoms with Crippen LogP contribution in [0, 0.1) is 6.92 Å². The number of alkyl halides is 2. The Balaban J connectivity index is 1.83. The SMILES string of the molecule is Cc1cc(-c2cncc(OC(F)F)c2)nc2cn(-c3ccn[nH]3)c(O)c12. The minimum Gasteiger partial charge on any atom is -0.494 e. The van der Waals surface area contributed by atoms with Crippen LogP contribution in [0.4, 0.5) is 8.78 Å². The highest BCUT2D eigenvalue weighted by Crippen LogP contribution is 2.34. The van der Waals surface area contributed by atoms with E-state index in [2.05, 4.69) is 24.9 Å². The maximum atomic E-state index is 12.4. The summed E-state index contributed by atoms with van der Waals surface area (Å²) < 4.78 is 30.7. The van der Waals surface area contributed by atoms with Gasteiger partial charge in [-0.25, -0.2) is 4.98 Å². The number of H-pyrrole nitrogens is 1. The van der Waals surface area contributed by atoms with Gasteiger partial charge in [-0.05, 0) is 24.6 Å². The normalized spacial score (nSPS) is 11.4. The van der Waals surface area contributed by atoms with Gasteiger partial charge in [-0.3, -0.25) is 14.6 Å². The van der Waals surface area contributed by atoms with Crippen molar-refractivity contribution in [3.8, 4) is 28.7 Å². The second-order valence-corrected chi connectivity index (χ2v) is 5.64. The van der Waals surface area contributed by atoms with Crippen LogP contribution in [0.25, 0.3) is 28.0 Å². The predicted molar refractivity (Wildman–Crippen MR) is 89.5 cm³/mol. The largest absolute Gasteiger partial charge is 0.494 e. The molecule has 0 radical (unpaired) electrons. The standard InChI is InChI=1S/C17H13F2N5O2/c1-9-4-12(10-5-11(7-20-6-10)26-17(18)19)22-13-8-24(16(25)15(9)13)14-2-3-21-23-14/h2-8,17,25H,1H3,(H,21,23). The van der Waals surface area contributed by atoms with Crippen LogP contribution in [0.15, 0.2) is 43.0 Å². The Morgan fingerprint density at radius 3 is 2.85 bits per heavy atom. The lowest BCUT2D eigenvalue weighted by Gasteiger charge is -2.07. The van der Waals surface area contributed by atoms with E-state index in [1.807, 2.05) is 6.92 Å². The molecule has 132 valence electrons. The molecule has 0 atom stereocenters. The van der Waals surface area contributed by atoms with Crippen molar-refractivity contribution in [1.29, 1.82) is 0 Å². The zero-order valence-electron chi connectivity index (χ0n) is 13.5. The summed E-state index contributed by atoms with van der Waals surface area (Å²) in [6, 6.07) is 4.91. The van der Waals surface area contributed by atoms with Crippen LogP contribution < -0.4 is 4.74 Å². The molecule has 0 amide bonds. The number of aromatic amines is 1. The average Bonchev–Trinajstić information content (AvgIpc) is 3.22. The monoisotopic (exact) mass is 357 g/mol. The Labute approximate surface area is 145 Å². The molecule has 4 aromatic heterocycles. The first kappa shape index (κ1) is 16.0. The Bertz CT molecular complexity index is 1080. The van der Waals surface area contributed by atoms with Crippen molar-refractivity contribution >= 4 is 10.9 Å². The summed E-state index contributed by atoms with van der Waals surface area (Å²) in [5.74, 6) is 0.582. The van der Waals surface area contributed by atoms with Gasteiger partial charge in [0.15, 0.2) is 0 Å². The van der Waals surface area contributed by atoms with E-state index >= 15 is 0 Å². The molecule has 0 aromatic carbocycles. The van der Waals surface area contributed by atoms with Crippen molar-refractivity contribution < 1.29 is 18.6 Å². The lowest BCUT2D eigenvalue weighted by atomic mass is 10.1. The summed E-state index contributed by atoms with van der Waals surface area (Å²) >= 11 is 0. The first-order valence-electron chi connectivity index (χ1n) is 7.64. The van der Waals surface area contributed by atoms with Gasteiger partial charge in [0, 0.05) is 24.0 Å². The molecule has 0 saturated heterocycles. The van der Waals surface area contributed by atoms with Gasteiger partial charge in [0.1, 0.15) is 11.6 Å². The molecule has 26 heavy (non-hydrogen) atoms. The van der Waals surface area contributed by atoms with Gasteiger partial charge in [-0.1, -0.05) is 0 Å². The molecular weight excluding hydrogens is 344 g/mol. The highest BCUT2D eigenvalue weighted by atomic mass is 19.3. The summed E-state index contributed by atoms with van der Waals surface area (Å²) in [5, 5.41) is 17.7. The number of ether oxygens (including phenoxy) is 1. The number of nitrogens with zero attached hydrogens (tertiary/aromatic N) is 4. The summed E-state index contributed by atoms with van der Waals surface area (Å²) in [6.45, 7) is -1.10. The smallest absolute Gasteiger partial charge is 0.387 e. The number of rotatable bonds is 4. The number of halogens is 2. The maximum Gasteiger partial charge on any atom is 0.387 e. The van der Waals surface area contributed by atoms with Crippen LogP contribution in [0.5, 0.6) is 11.6 Å². The average molecular weight is 357 g/mol. The van der Waals surface area contributed by atoms with E-state index in [1.54, 1.807) is 24.5 Å². The van der Waals surface area contributed by atoms with Crippen molar-refractivity contribution in [3.63, 3.8) is 0 Å². The Morgan fingerprint density at radius 1 is 1.27 bits per heavy atom. The Kier molecular flexibility index (Phi) is 3.76. The molecule has 4 heterocycles. The van der Waals surface area contributed by atoms with Gasteiger partial charge in [0.2, 0.25) is 5.88 Å². The lowest BCUT2D eigenvalue weighted by molar-refractivity contribution is -0.0500. The van der Waals surface area contributed by atoms with E-state index in [0.29, 0.717) is 28.0 Å². The molecule has 0 aliphatic heterocycles. The topological polar surface area (TPSA) is 88.9 Å². The van der Waals surface area contributed by atoms with Gasteiger partial charge < -0.3 is 9.84 Å². The first-order valence-corrected chi connectivity index (χ1v) is 7.64. The van der Waals surface area contributed by atoms with E-state index in [-0.39, 0.29) is 11.6 Å². The molecule has 7 nitrogen and oxygen atoms in total. The third-order valence-electron chi connectivity index (χ3n) is 3.93. The van der Waals surface area contributed by atoms with E-state index in [9.17, 15) is 13.9 Å². The number of aryl methyl sites for hydroxylation is 1. The summed E-state index contributed by atoms with van der Waals surface area (Å²) in [4.78, 5) is 8.44. The molecule has 0 bridgehead atoms. The number of aromatic hydroxyl groups is 1. The van der Waals surface area contributed by atoms with Crippen molar-refractivity contribution in [3.05, 3.63) is 48.5 Å². The van der Waals surface area contributed by atoms with E-state index in [1.165, 1.54) is 23.0 Å². The van der Waals surface area contributed by atoms with Crippen LogP contribution in [0.3, 0.4) is 0 Å². The quantitative estimate of drug-likeness (QED) is 0.584. The molecule has 0 spiro atoms. The Hall–Kier alpha value is -3.49. The van der Waals surface area contributed by atoms with Crippen LogP contribution >= 0.6 is 0 Å². The second kappa shape index (κ2) is 6.10. The molecule has 0 aliphatic rings. The molecule has 0 saturated carbocycles. The van der Waals surface area contributed by atoms with Crippen molar-refractivity contribution in [2.24, 2.45) is 0 Å². The van der Waals surface area contributed by atoms with Crippen LogP contribution in [-0.2, 0) is 0 Å². The van der Waals surface area contributed by atoms with Crippen molar-refractivity contribution in [2.45, 2.75) is 13.5 Å². The van der Waals surface area contributed by atoms with Crippen LogP contribution in [-0.4, -0.2) is 36.5 Å². The molecule has 0 unspecified atom stereocenters. The fourth-order valence-electron chi connectivity index (χ4n) is 2.83. The van der Waals surface area contributed by atoms with Crippen molar-refractivity contribution in [1.82, 2.24) is 24.7 Å². The zero-order valence-corrected chi connectivity index (χ0v) is 13.5. The number of aromatic nitrogens is 5. The maximum absolute atomic E-state index is 12.4. The second-order valence-electron chi connectivity index (χ2n) is 5.64. The molecule has 4 aromatic rings. The van der Waals surface area contributed by atoms with Crippen LogP contribution in [0.2, 0.25) is 0 Å². The van der Waals surface area contributed by atoms with Gasteiger partial charge in [0.25, 0.3) is 0 Å². The summed E-state index contributed by atoms with van der Waals surface area (Å²) in [5.41, 5.74) is 2.39. The summed E-state index contributed by atoms with van der Waals surface area (Å²) in [6.07, 6.45) is 5.96. The highest BCUT2D eigenvalue weighted by molar-refractivity contribution is 5.90. The molecule has 0 aliphatic carbocycles. The number of hydrogen-bond acceptors (Lipinski definition) is 5. The van der Waals surface area contributed by atoms with E-state index < -0.39 is 6.61 Å². The van der Waals surface area contributed by atoms with Gasteiger partial charge >= 0.3 is 6.61 Å². The minimum atomic E-state index is -2.93. The lowest BCUT2D eigenvalue weighted by Crippen LogP contribution is -2.02. The molecule has 9 heteroatoms. The third-order valence-corrected chi connectivity index (χ3v) is 3.93. The number of pyridine rings is 2. The zero-order chi connectivity index (χ0) is 18.3. The molecule has 0 fully saturated rings. The molecule has 4 rings (SSSR count). The fraction of sp³-hybridized carbons (Fsp3) is 0.118. The third kappa shape index (κ3) is 2.73. The predicted octanol–water partition coefficient (Wildman–Crippen LogP) is 3.43. The van der Waals surface area contributed by atoms with Gasteiger partial charge in [-0.15, -0.1) is 0 Å². The number of hydrogen-bond donors (Lipinski definition) is 2. The van der Waals surface area contributed by atoms with Gasteiger partial charge in [-0.2, -0.15) is 13.9 Å². The Morgan fingerprint density at radius 2 is 2.12 bits per heavy atom. The number of nitrogens with one attached hydrogen (secondary N) is 1. The van der Waals surface area contributed by atoms with E-state index in [0.717, 1.165) is 5.56 Å². The van der Waals surface area contributed by atoms with Gasteiger partial charge in [0.05, 0.1) is 29.0 Å². The molecule has 2 N–H and O–H groups in total. The number of fused-ring (bicyclic) bond motifs is 1. The summed E-state index contributed by atoms with van der Waals surface area (Å²) in [7, 11) is 0. The minimum absolute atomic E-state index is 0.0358. The highest BCUT2D eigenvalue weighted by Gasteiger charge is 2.16. The first-order chi connectivity index (χ1) is 12.5. The van der Waals surface area contributed by atoms with Crippen molar-refractivity contribution in [2.75, 3.05) is 0 Å². The fourth-order valence-corrected chi connectivity index (χ4v) is 2.83. The molecular formula is C17H13F2N5O2.